The van der Waals surface area contributed by atoms with E-state index in [4.69, 9.17) is 0 Å². The van der Waals surface area contributed by atoms with Gasteiger partial charge >= 0.3 is 12.3 Å². The average molecular weight is 310 g/mol. The summed E-state index contributed by atoms with van der Waals surface area (Å²) >= 11 is 0. The van der Waals surface area contributed by atoms with E-state index in [1.54, 1.807) is 48.5 Å². The Kier molecular flexibility index (Phi) is 4.82. The third-order valence-corrected chi connectivity index (χ3v) is 3.00. The molecule has 2 aromatic rings. The zero-order valence-corrected chi connectivity index (χ0v) is 11.7. The topological polar surface area (TPSA) is 35.5 Å². The van der Waals surface area contributed by atoms with Gasteiger partial charge in [-0.05, 0) is 28.8 Å². The number of halogens is 3. The van der Waals surface area contributed by atoms with Crippen molar-refractivity contribution >= 4 is 5.97 Å². The Morgan fingerprint density at radius 3 is 1.91 bits per heavy atom. The molecule has 0 amide bonds. The quantitative estimate of drug-likeness (QED) is 0.795. The minimum absolute atomic E-state index is 0.423. The molecule has 0 radical (unpaired) electrons. The Labute approximate surface area is 125 Å². The van der Waals surface area contributed by atoms with E-state index in [0.29, 0.717) is 11.1 Å². The normalized spacial score (nSPS) is 11.3. The number of esters is 1. The molecule has 0 saturated carbocycles. The second-order valence-corrected chi connectivity index (χ2v) is 4.50. The largest absolute Gasteiger partial charge is 0.522 e. The van der Waals surface area contributed by atoms with E-state index in [9.17, 15) is 18.0 Å². The highest BCUT2D eigenvalue weighted by molar-refractivity contribution is 5.89. The Hall–Kier alpha value is -2.34. The summed E-state index contributed by atoms with van der Waals surface area (Å²) in [5, 5.41) is 0. The van der Waals surface area contributed by atoms with Crippen molar-refractivity contribution in [3.63, 3.8) is 0 Å². The summed E-state index contributed by atoms with van der Waals surface area (Å²) in [6, 6.07) is 13.3. The molecule has 6 heteroatoms. The zero-order chi connectivity index (χ0) is 16.2. The minimum Gasteiger partial charge on any atom is -0.465 e. The van der Waals surface area contributed by atoms with Crippen molar-refractivity contribution in [3.8, 4) is 11.1 Å². The van der Waals surface area contributed by atoms with Gasteiger partial charge in [-0.3, -0.25) is 4.74 Å². The van der Waals surface area contributed by atoms with Crippen LogP contribution in [0.4, 0.5) is 13.2 Å². The second-order valence-electron chi connectivity index (χ2n) is 4.50. The molecular formula is C16H13F3O3. The van der Waals surface area contributed by atoms with Crippen LogP contribution in [0.15, 0.2) is 48.5 Å². The lowest BCUT2D eigenvalue weighted by molar-refractivity contribution is -0.330. The maximum atomic E-state index is 12.0. The van der Waals surface area contributed by atoms with Gasteiger partial charge in [0.25, 0.3) is 0 Å². The van der Waals surface area contributed by atoms with E-state index in [2.05, 4.69) is 9.47 Å². The highest BCUT2D eigenvalue weighted by Crippen LogP contribution is 2.23. The molecule has 3 nitrogen and oxygen atoms in total. The molecule has 2 aromatic carbocycles. The highest BCUT2D eigenvalue weighted by Gasteiger charge is 2.28. The number of benzene rings is 2. The zero-order valence-electron chi connectivity index (χ0n) is 11.7. The number of carbonyl (C=O) groups is 1. The van der Waals surface area contributed by atoms with E-state index in [1.807, 2.05) is 0 Å². The molecular weight excluding hydrogens is 297 g/mol. The summed E-state index contributed by atoms with van der Waals surface area (Å²) in [5.74, 6) is -0.425. The Morgan fingerprint density at radius 2 is 1.45 bits per heavy atom. The van der Waals surface area contributed by atoms with Crippen LogP contribution in [0.2, 0.25) is 0 Å². The number of rotatable bonds is 4. The predicted molar refractivity (Wildman–Crippen MR) is 74.1 cm³/mol. The maximum absolute atomic E-state index is 12.0. The minimum atomic E-state index is -4.64. The summed E-state index contributed by atoms with van der Waals surface area (Å²) in [6.45, 7) is -0.523. The Morgan fingerprint density at radius 1 is 0.955 bits per heavy atom. The smallest absolute Gasteiger partial charge is 0.465 e. The lowest BCUT2D eigenvalue weighted by Gasteiger charge is -2.08. The first kappa shape index (κ1) is 16.0. The van der Waals surface area contributed by atoms with Gasteiger partial charge in [-0.1, -0.05) is 36.4 Å². The highest BCUT2D eigenvalue weighted by atomic mass is 19.4. The summed E-state index contributed by atoms with van der Waals surface area (Å²) in [6.07, 6.45) is -4.64. The van der Waals surface area contributed by atoms with Gasteiger partial charge in [0.1, 0.15) is 0 Å². The molecule has 22 heavy (non-hydrogen) atoms. The molecule has 0 aliphatic carbocycles. The van der Waals surface area contributed by atoms with Gasteiger partial charge in [0.15, 0.2) is 0 Å². The third-order valence-electron chi connectivity index (χ3n) is 3.00. The Bertz CT molecular complexity index is 631. The van der Waals surface area contributed by atoms with Crippen LogP contribution in [0.3, 0.4) is 0 Å². The standard InChI is InChI=1S/C16H13F3O3/c1-21-15(20)14-8-6-13(7-9-14)12-4-2-11(3-5-12)10-22-16(17,18)19/h2-9H,10H2,1H3. The van der Waals surface area contributed by atoms with Crippen molar-refractivity contribution in [2.24, 2.45) is 0 Å². The number of methoxy groups -OCH3 is 1. The van der Waals surface area contributed by atoms with Gasteiger partial charge in [-0.2, -0.15) is 0 Å². The van der Waals surface area contributed by atoms with Crippen molar-refractivity contribution in [2.45, 2.75) is 13.0 Å². The molecule has 0 N–H and O–H groups in total. The molecule has 0 saturated heterocycles. The first-order valence-corrected chi connectivity index (χ1v) is 6.37. The molecule has 0 spiro atoms. The summed E-state index contributed by atoms with van der Waals surface area (Å²) in [5.41, 5.74) is 2.52. The monoisotopic (exact) mass is 310 g/mol. The van der Waals surface area contributed by atoms with Crippen LogP contribution in [-0.2, 0) is 16.1 Å². The summed E-state index contributed by atoms with van der Waals surface area (Å²) in [7, 11) is 1.30. The number of alkyl halides is 3. The average Bonchev–Trinajstić information content (AvgIpc) is 2.52. The summed E-state index contributed by atoms with van der Waals surface area (Å²) in [4.78, 5) is 11.3. The van der Waals surface area contributed by atoms with E-state index < -0.39 is 18.9 Å². The summed E-state index contributed by atoms with van der Waals surface area (Å²) < 4.78 is 44.2. The van der Waals surface area contributed by atoms with Gasteiger partial charge in [0.2, 0.25) is 0 Å². The first-order chi connectivity index (χ1) is 10.4. The molecule has 0 bridgehead atoms. The van der Waals surface area contributed by atoms with Gasteiger partial charge in [0, 0.05) is 0 Å². The lowest BCUT2D eigenvalue weighted by Crippen LogP contribution is -2.12. The molecule has 0 atom stereocenters. The third kappa shape index (κ3) is 4.33. The molecule has 0 heterocycles. The maximum Gasteiger partial charge on any atom is 0.522 e. The number of ether oxygens (including phenoxy) is 2. The van der Waals surface area contributed by atoms with E-state index in [-0.39, 0.29) is 0 Å². The van der Waals surface area contributed by atoms with Crippen molar-refractivity contribution < 1.29 is 27.4 Å². The van der Waals surface area contributed by atoms with E-state index in [0.717, 1.165) is 11.1 Å². The van der Waals surface area contributed by atoms with Crippen LogP contribution < -0.4 is 0 Å². The molecule has 116 valence electrons. The van der Waals surface area contributed by atoms with Crippen molar-refractivity contribution in [3.05, 3.63) is 59.7 Å². The number of carbonyl (C=O) groups excluding carboxylic acids is 1. The van der Waals surface area contributed by atoms with Gasteiger partial charge in [0.05, 0.1) is 19.3 Å². The van der Waals surface area contributed by atoms with Crippen LogP contribution in [0.5, 0.6) is 0 Å². The molecule has 0 unspecified atom stereocenters. The molecule has 0 fully saturated rings. The van der Waals surface area contributed by atoms with E-state index in [1.165, 1.54) is 7.11 Å². The van der Waals surface area contributed by atoms with Gasteiger partial charge in [-0.25, -0.2) is 4.79 Å². The second kappa shape index (κ2) is 6.62. The van der Waals surface area contributed by atoms with Crippen molar-refractivity contribution in [2.75, 3.05) is 7.11 Å². The Balaban J connectivity index is 2.08. The van der Waals surface area contributed by atoms with Crippen molar-refractivity contribution in [1.82, 2.24) is 0 Å². The predicted octanol–water partition coefficient (Wildman–Crippen LogP) is 4.18. The fraction of sp³-hybridized carbons (Fsp3) is 0.188. The lowest BCUT2D eigenvalue weighted by atomic mass is 10.0. The fourth-order valence-electron chi connectivity index (χ4n) is 1.88. The number of hydrogen-bond donors (Lipinski definition) is 0. The van der Waals surface area contributed by atoms with Crippen LogP contribution in [-0.4, -0.2) is 19.4 Å². The van der Waals surface area contributed by atoms with Crippen LogP contribution in [0.25, 0.3) is 11.1 Å². The van der Waals surface area contributed by atoms with Crippen LogP contribution in [0.1, 0.15) is 15.9 Å². The molecule has 2 rings (SSSR count). The van der Waals surface area contributed by atoms with Crippen molar-refractivity contribution in [1.29, 1.82) is 0 Å². The number of hydrogen-bond acceptors (Lipinski definition) is 3. The molecule has 0 aliphatic rings. The molecule has 0 aromatic heterocycles. The molecule has 0 aliphatic heterocycles. The van der Waals surface area contributed by atoms with Gasteiger partial charge < -0.3 is 4.74 Å². The van der Waals surface area contributed by atoms with Crippen LogP contribution >= 0.6 is 0 Å². The van der Waals surface area contributed by atoms with Gasteiger partial charge in [-0.15, -0.1) is 13.2 Å². The van der Waals surface area contributed by atoms with Crippen LogP contribution in [0, 0.1) is 0 Å². The SMILES string of the molecule is COC(=O)c1ccc(-c2ccc(COC(F)(F)F)cc2)cc1. The van der Waals surface area contributed by atoms with E-state index >= 15 is 0 Å². The fourth-order valence-corrected chi connectivity index (χ4v) is 1.88. The first-order valence-electron chi connectivity index (χ1n) is 6.37.